The molecule has 1 saturated carbocycles. The molecule has 0 spiro atoms. The third-order valence-electron chi connectivity index (χ3n) is 3.70. The number of imidazole rings is 1. The Morgan fingerprint density at radius 3 is 3.12 bits per heavy atom. The molecule has 1 heterocycles. The molecule has 1 aliphatic carbocycles. The minimum Gasteiger partial charge on any atom is -0.334 e. The standard InChI is InChI=1S/C13H23N3/c1-11-3-2-4-12(7-11)9-16-10-15-8-13(16)5-6-14/h8,10-12H,2-7,9,14H2,1H3. The van der Waals surface area contributed by atoms with Crippen LogP contribution in [0.25, 0.3) is 0 Å². The molecule has 0 saturated heterocycles. The van der Waals surface area contributed by atoms with Crippen LogP contribution in [-0.4, -0.2) is 16.1 Å². The van der Waals surface area contributed by atoms with Crippen molar-refractivity contribution in [3.8, 4) is 0 Å². The van der Waals surface area contributed by atoms with Crippen molar-refractivity contribution in [2.45, 2.75) is 45.6 Å². The van der Waals surface area contributed by atoms with Crippen LogP contribution in [0, 0.1) is 11.8 Å². The van der Waals surface area contributed by atoms with Gasteiger partial charge in [-0.25, -0.2) is 4.98 Å². The van der Waals surface area contributed by atoms with Gasteiger partial charge in [-0.3, -0.25) is 0 Å². The monoisotopic (exact) mass is 221 g/mol. The zero-order valence-corrected chi connectivity index (χ0v) is 10.2. The van der Waals surface area contributed by atoms with E-state index in [9.17, 15) is 0 Å². The largest absolute Gasteiger partial charge is 0.334 e. The van der Waals surface area contributed by atoms with E-state index in [1.807, 2.05) is 12.5 Å². The van der Waals surface area contributed by atoms with Crippen LogP contribution in [0.4, 0.5) is 0 Å². The lowest BCUT2D eigenvalue weighted by molar-refractivity contribution is 0.255. The summed E-state index contributed by atoms with van der Waals surface area (Å²) < 4.78 is 2.30. The molecule has 90 valence electrons. The summed E-state index contributed by atoms with van der Waals surface area (Å²) in [5, 5.41) is 0. The Morgan fingerprint density at radius 2 is 2.38 bits per heavy atom. The number of aromatic nitrogens is 2. The number of nitrogens with two attached hydrogens (primary N) is 1. The van der Waals surface area contributed by atoms with Gasteiger partial charge >= 0.3 is 0 Å². The lowest BCUT2D eigenvalue weighted by Crippen LogP contribution is -2.20. The van der Waals surface area contributed by atoms with Crippen molar-refractivity contribution >= 4 is 0 Å². The second-order valence-corrected chi connectivity index (χ2v) is 5.21. The van der Waals surface area contributed by atoms with E-state index in [1.165, 1.54) is 31.4 Å². The second kappa shape index (κ2) is 5.48. The van der Waals surface area contributed by atoms with E-state index in [0.717, 1.165) is 24.8 Å². The van der Waals surface area contributed by atoms with Crippen LogP contribution in [0.2, 0.25) is 0 Å². The van der Waals surface area contributed by atoms with Crippen molar-refractivity contribution in [1.29, 1.82) is 0 Å². The van der Waals surface area contributed by atoms with Crippen molar-refractivity contribution in [3.05, 3.63) is 18.2 Å². The molecule has 3 heteroatoms. The first-order valence-electron chi connectivity index (χ1n) is 6.48. The SMILES string of the molecule is CC1CCCC(Cn2cncc2CCN)C1. The quantitative estimate of drug-likeness (QED) is 0.847. The number of rotatable bonds is 4. The van der Waals surface area contributed by atoms with Crippen LogP contribution >= 0.6 is 0 Å². The molecule has 1 fully saturated rings. The second-order valence-electron chi connectivity index (χ2n) is 5.21. The van der Waals surface area contributed by atoms with E-state index in [0.29, 0.717) is 6.54 Å². The van der Waals surface area contributed by atoms with Crippen LogP contribution in [0.1, 0.15) is 38.3 Å². The Morgan fingerprint density at radius 1 is 1.50 bits per heavy atom. The average Bonchev–Trinajstić information content (AvgIpc) is 2.66. The van der Waals surface area contributed by atoms with E-state index in [1.54, 1.807) is 0 Å². The van der Waals surface area contributed by atoms with Crippen molar-refractivity contribution < 1.29 is 0 Å². The van der Waals surface area contributed by atoms with Crippen molar-refractivity contribution in [2.24, 2.45) is 17.6 Å². The van der Waals surface area contributed by atoms with Gasteiger partial charge in [0.25, 0.3) is 0 Å². The maximum Gasteiger partial charge on any atom is 0.0948 e. The maximum absolute atomic E-state index is 5.60. The molecule has 0 amide bonds. The molecular weight excluding hydrogens is 198 g/mol. The Bertz CT molecular complexity index is 319. The molecule has 2 unspecified atom stereocenters. The highest BCUT2D eigenvalue weighted by molar-refractivity contribution is 4.99. The van der Waals surface area contributed by atoms with Gasteiger partial charge in [0.15, 0.2) is 0 Å². The van der Waals surface area contributed by atoms with Gasteiger partial charge < -0.3 is 10.3 Å². The van der Waals surface area contributed by atoms with Gasteiger partial charge in [-0.05, 0) is 31.2 Å². The highest BCUT2D eigenvalue weighted by atomic mass is 15.0. The van der Waals surface area contributed by atoms with Crippen LogP contribution in [0.3, 0.4) is 0 Å². The zero-order chi connectivity index (χ0) is 11.4. The van der Waals surface area contributed by atoms with Crippen LogP contribution in [0.15, 0.2) is 12.5 Å². The molecule has 0 bridgehead atoms. The zero-order valence-electron chi connectivity index (χ0n) is 10.2. The summed E-state index contributed by atoms with van der Waals surface area (Å²) in [6.07, 6.45) is 10.4. The predicted octanol–water partition coefficient (Wildman–Crippen LogP) is 2.21. The summed E-state index contributed by atoms with van der Waals surface area (Å²) in [5.41, 5.74) is 6.90. The summed E-state index contributed by atoms with van der Waals surface area (Å²) in [4.78, 5) is 4.23. The minimum absolute atomic E-state index is 0.715. The predicted molar refractivity (Wildman–Crippen MR) is 66.1 cm³/mol. The summed E-state index contributed by atoms with van der Waals surface area (Å²) in [6, 6.07) is 0. The molecule has 0 aromatic carbocycles. The van der Waals surface area contributed by atoms with Crippen LogP contribution in [0.5, 0.6) is 0 Å². The fourth-order valence-electron chi connectivity index (χ4n) is 2.87. The first kappa shape index (κ1) is 11.6. The molecule has 2 rings (SSSR count). The van der Waals surface area contributed by atoms with E-state index >= 15 is 0 Å². The van der Waals surface area contributed by atoms with E-state index < -0.39 is 0 Å². The lowest BCUT2D eigenvalue weighted by atomic mass is 9.82. The van der Waals surface area contributed by atoms with E-state index in [2.05, 4.69) is 16.5 Å². The molecule has 1 aromatic rings. The summed E-state index contributed by atoms with van der Waals surface area (Å²) in [7, 11) is 0. The summed E-state index contributed by atoms with van der Waals surface area (Å²) >= 11 is 0. The van der Waals surface area contributed by atoms with Crippen molar-refractivity contribution in [3.63, 3.8) is 0 Å². The molecule has 0 radical (unpaired) electrons. The fourth-order valence-corrected chi connectivity index (χ4v) is 2.87. The van der Waals surface area contributed by atoms with Gasteiger partial charge in [0, 0.05) is 24.9 Å². The topological polar surface area (TPSA) is 43.8 Å². The van der Waals surface area contributed by atoms with Gasteiger partial charge in [0.1, 0.15) is 0 Å². The van der Waals surface area contributed by atoms with Crippen LogP contribution < -0.4 is 5.73 Å². The first-order chi connectivity index (χ1) is 7.79. The first-order valence-corrected chi connectivity index (χ1v) is 6.48. The third kappa shape index (κ3) is 2.85. The molecule has 1 aromatic heterocycles. The molecular formula is C13H23N3. The molecule has 2 N–H and O–H groups in total. The Kier molecular flexibility index (Phi) is 3.99. The maximum atomic E-state index is 5.60. The fraction of sp³-hybridized carbons (Fsp3) is 0.769. The van der Waals surface area contributed by atoms with E-state index in [4.69, 9.17) is 5.73 Å². The summed E-state index contributed by atoms with van der Waals surface area (Å²) in [6.45, 7) is 4.23. The van der Waals surface area contributed by atoms with Gasteiger partial charge in [-0.1, -0.05) is 19.8 Å². The molecule has 16 heavy (non-hydrogen) atoms. The number of nitrogens with zero attached hydrogens (tertiary/aromatic N) is 2. The molecule has 1 aliphatic rings. The molecule has 2 atom stereocenters. The average molecular weight is 221 g/mol. The number of hydrogen-bond acceptors (Lipinski definition) is 2. The number of hydrogen-bond donors (Lipinski definition) is 1. The minimum atomic E-state index is 0.715. The highest BCUT2D eigenvalue weighted by Crippen LogP contribution is 2.29. The molecule has 3 nitrogen and oxygen atoms in total. The van der Waals surface area contributed by atoms with Gasteiger partial charge in [0.05, 0.1) is 6.33 Å². The van der Waals surface area contributed by atoms with Gasteiger partial charge in [0.2, 0.25) is 0 Å². The Hall–Kier alpha value is -0.830. The normalized spacial score (nSPS) is 25.9. The van der Waals surface area contributed by atoms with Gasteiger partial charge in [-0.15, -0.1) is 0 Å². The third-order valence-corrected chi connectivity index (χ3v) is 3.70. The summed E-state index contributed by atoms with van der Waals surface area (Å²) in [5.74, 6) is 1.75. The smallest absolute Gasteiger partial charge is 0.0948 e. The Labute approximate surface area is 98.1 Å². The van der Waals surface area contributed by atoms with Crippen molar-refractivity contribution in [2.75, 3.05) is 6.54 Å². The Balaban J connectivity index is 1.94. The lowest BCUT2D eigenvalue weighted by Gasteiger charge is -2.27. The molecule has 0 aliphatic heterocycles. The van der Waals surface area contributed by atoms with Gasteiger partial charge in [-0.2, -0.15) is 0 Å². The van der Waals surface area contributed by atoms with Crippen LogP contribution in [-0.2, 0) is 13.0 Å². The highest BCUT2D eigenvalue weighted by Gasteiger charge is 2.19. The van der Waals surface area contributed by atoms with Crippen molar-refractivity contribution in [1.82, 2.24) is 9.55 Å². The van der Waals surface area contributed by atoms with E-state index in [-0.39, 0.29) is 0 Å².